The van der Waals surface area contributed by atoms with Crippen molar-refractivity contribution < 1.29 is 14.3 Å². The Bertz CT molecular complexity index is 1060. The Balaban J connectivity index is 1.75. The number of nitrogens with zero attached hydrogens (tertiary/aromatic N) is 1. The molecule has 4 rings (SSSR count). The molecule has 1 atom stereocenters. The van der Waals surface area contributed by atoms with Crippen molar-refractivity contribution in [2.24, 2.45) is 0 Å². The molecule has 33 heavy (non-hydrogen) atoms. The lowest BCUT2D eigenvalue weighted by Crippen LogP contribution is -2.46. The number of hydrogen-bond donors (Lipinski definition) is 1. The van der Waals surface area contributed by atoms with E-state index in [1.54, 1.807) is 23.3 Å². The first-order chi connectivity index (χ1) is 16.0. The molecule has 1 aromatic heterocycles. The van der Waals surface area contributed by atoms with Gasteiger partial charge in [-0.3, -0.25) is 14.5 Å². The van der Waals surface area contributed by atoms with Crippen molar-refractivity contribution in [3.05, 3.63) is 82.0 Å². The van der Waals surface area contributed by atoms with Crippen molar-refractivity contribution in [3.8, 4) is 5.75 Å². The number of hydrogen-bond acceptors (Lipinski definition) is 4. The molecule has 1 fully saturated rings. The minimum absolute atomic E-state index is 0.116. The zero-order chi connectivity index (χ0) is 23.2. The maximum Gasteiger partial charge on any atom is 0.248 e. The molecule has 1 heterocycles. The number of carbonyl (C=O) groups excluding carboxylic acids is 2. The van der Waals surface area contributed by atoms with Gasteiger partial charge in [0, 0.05) is 16.6 Å². The summed E-state index contributed by atoms with van der Waals surface area (Å²) < 4.78 is 5.31. The number of ether oxygens (including phenoxy) is 1. The molecule has 2 amide bonds. The highest BCUT2D eigenvalue weighted by Gasteiger charge is 2.34. The summed E-state index contributed by atoms with van der Waals surface area (Å²) in [5.74, 6) is 0.447. The molecule has 0 aliphatic heterocycles. The average Bonchev–Trinajstić information content (AvgIpc) is 3.53. The van der Waals surface area contributed by atoms with Crippen LogP contribution in [0.3, 0.4) is 0 Å². The van der Waals surface area contributed by atoms with Crippen molar-refractivity contribution in [1.82, 2.24) is 5.32 Å². The third-order valence-electron chi connectivity index (χ3n) is 6.13. The van der Waals surface area contributed by atoms with Gasteiger partial charge in [0.2, 0.25) is 11.8 Å². The van der Waals surface area contributed by atoms with E-state index < -0.39 is 6.04 Å². The van der Waals surface area contributed by atoms with Crippen LogP contribution >= 0.6 is 11.3 Å². The van der Waals surface area contributed by atoms with Crippen LogP contribution in [0.1, 0.15) is 47.7 Å². The fraction of sp³-hybridized carbons (Fsp3) is 0.333. The van der Waals surface area contributed by atoms with E-state index in [1.807, 2.05) is 73.0 Å². The van der Waals surface area contributed by atoms with Crippen molar-refractivity contribution >= 4 is 28.8 Å². The van der Waals surface area contributed by atoms with Gasteiger partial charge in [0.25, 0.3) is 0 Å². The molecule has 0 bridgehead atoms. The van der Waals surface area contributed by atoms with Crippen LogP contribution in [0.25, 0.3) is 0 Å². The molecular weight excluding hydrogens is 432 g/mol. The van der Waals surface area contributed by atoms with E-state index in [2.05, 4.69) is 5.32 Å². The molecule has 2 aromatic carbocycles. The molecule has 3 aromatic rings. The molecule has 0 unspecified atom stereocenters. The summed E-state index contributed by atoms with van der Waals surface area (Å²) in [6, 6.07) is 18.5. The normalized spacial score (nSPS) is 14.6. The van der Waals surface area contributed by atoms with Gasteiger partial charge in [-0.2, -0.15) is 0 Å². The van der Waals surface area contributed by atoms with Crippen LogP contribution in [0.2, 0.25) is 0 Å². The van der Waals surface area contributed by atoms with E-state index in [4.69, 9.17) is 4.74 Å². The minimum Gasteiger partial charge on any atom is -0.497 e. The Morgan fingerprint density at radius 1 is 1.06 bits per heavy atom. The molecule has 1 aliphatic carbocycles. The van der Waals surface area contributed by atoms with Gasteiger partial charge in [-0.1, -0.05) is 48.7 Å². The molecule has 0 saturated heterocycles. The molecule has 172 valence electrons. The topological polar surface area (TPSA) is 58.6 Å². The Labute approximate surface area is 199 Å². The molecule has 1 aliphatic rings. The summed E-state index contributed by atoms with van der Waals surface area (Å²) in [5.41, 5.74) is 2.57. The number of amides is 2. The van der Waals surface area contributed by atoms with E-state index in [-0.39, 0.29) is 24.3 Å². The number of carbonyl (C=O) groups is 2. The first kappa shape index (κ1) is 23.1. The number of rotatable bonds is 8. The summed E-state index contributed by atoms with van der Waals surface area (Å²) in [5, 5.41) is 5.19. The van der Waals surface area contributed by atoms with Crippen LogP contribution < -0.4 is 15.0 Å². The largest absolute Gasteiger partial charge is 0.497 e. The Morgan fingerprint density at radius 3 is 2.36 bits per heavy atom. The summed E-state index contributed by atoms with van der Waals surface area (Å²) in [7, 11) is 1.61. The fourth-order valence-electron chi connectivity index (χ4n) is 4.34. The van der Waals surface area contributed by atoms with Gasteiger partial charge in [0.05, 0.1) is 13.5 Å². The van der Waals surface area contributed by atoms with Gasteiger partial charge in [-0.15, -0.1) is 11.3 Å². The van der Waals surface area contributed by atoms with Crippen LogP contribution in [0.4, 0.5) is 5.69 Å². The maximum absolute atomic E-state index is 13.7. The fourth-order valence-corrected chi connectivity index (χ4v) is 5.04. The molecule has 1 saturated carbocycles. The summed E-state index contributed by atoms with van der Waals surface area (Å²) in [6.07, 6.45) is 4.46. The second-order valence-corrected chi connectivity index (χ2v) is 9.55. The van der Waals surface area contributed by atoms with Crippen LogP contribution in [0.15, 0.2) is 66.0 Å². The summed E-state index contributed by atoms with van der Waals surface area (Å²) in [6.45, 7) is 2.01. The standard InChI is InChI=1S/C27H30N2O3S/c1-19-9-11-20(12-10-19)26(27(31)28-21-6-3-4-7-21)29(22-13-15-23(32-2)16-14-22)25(30)18-24-8-5-17-33-24/h5,8-17,21,26H,3-4,6-7,18H2,1-2H3,(H,28,31)/t26-/m0/s1. The minimum atomic E-state index is -0.757. The lowest BCUT2D eigenvalue weighted by Gasteiger charge is -2.32. The average molecular weight is 463 g/mol. The van der Waals surface area contributed by atoms with Crippen molar-refractivity contribution in [2.45, 2.75) is 51.1 Å². The van der Waals surface area contributed by atoms with Gasteiger partial charge in [-0.25, -0.2) is 0 Å². The highest BCUT2D eigenvalue weighted by atomic mass is 32.1. The summed E-state index contributed by atoms with van der Waals surface area (Å²) in [4.78, 5) is 30.0. The maximum atomic E-state index is 13.7. The van der Waals surface area contributed by atoms with Gasteiger partial charge in [0.15, 0.2) is 0 Å². The number of nitrogens with one attached hydrogen (secondary N) is 1. The van der Waals surface area contributed by atoms with E-state index >= 15 is 0 Å². The van der Waals surface area contributed by atoms with Crippen molar-refractivity contribution in [1.29, 1.82) is 0 Å². The zero-order valence-electron chi connectivity index (χ0n) is 19.1. The Hall–Kier alpha value is -3.12. The van der Waals surface area contributed by atoms with Crippen molar-refractivity contribution in [2.75, 3.05) is 12.0 Å². The predicted molar refractivity (Wildman–Crippen MR) is 133 cm³/mol. The molecule has 0 radical (unpaired) electrons. The third kappa shape index (κ3) is 5.63. The van der Waals surface area contributed by atoms with Crippen LogP contribution in [0.5, 0.6) is 5.75 Å². The Kier molecular flexibility index (Phi) is 7.45. The third-order valence-corrected chi connectivity index (χ3v) is 7.00. The number of thiophene rings is 1. The SMILES string of the molecule is COc1ccc(N(C(=O)Cc2cccs2)[C@H](C(=O)NC2CCCC2)c2ccc(C)cc2)cc1. The number of anilines is 1. The zero-order valence-corrected chi connectivity index (χ0v) is 19.9. The molecular formula is C27H30N2O3S. The second-order valence-electron chi connectivity index (χ2n) is 8.52. The highest BCUT2D eigenvalue weighted by molar-refractivity contribution is 7.10. The lowest BCUT2D eigenvalue weighted by atomic mass is 10.0. The van der Waals surface area contributed by atoms with E-state index in [1.165, 1.54) is 0 Å². The molecule has 1 N–H and O–H groups in total. The van der Waals surface area contributed by atoms with Crippen LogP contribution in [0, 0.1) is 6.92 Å². The molecule has 0 spiro atoms. The molecule has 5 nitrogen and oxygen atoms in total. The van der Waals surface area contributed by atoms with Crippen LogP contribution in [-0.2, 0) is 16.0 Å². The number of benzene rings is 2. The number of methoxy groups -OCH3 is 1. The molecule has 6 heteroatoms. The van der Waals surface area contributed by atoms with E-state index in [0.717, 1.165) is 41.7 Å². The Morgan fingerprint density at radius 2 is 1.76 bits per heavy atom. The quantitative estimate of drug-likeness (QED) is 0.485. The first-order valence-corrected chi connectivity index (χ1v) is 12.3. The monoisotopic (exact) mass is 462 g/mol. The first-order valence-electron chi connectivity index (χ1n) is 11.4. The predicted octanol–water partition coefficient (Wildman–Crippen LogP) is 5.44. The van der Waals surface area contributed by atoms with E-state index in [0.29, 0.717) is 11.4 Å². The highest BCUT2D eigenvalue weighted by Crippen LogP contribution is 2.31. The van der Waals surface area contributed by atoms with Crippen molar-refractivity contribution in [3.63, 3.8) is 0 Å². The number of aryl methyl sites for hydroxylation is 1. The second kappa shape index (κ2) is 10.7. The van der Waals surface area contributed by atoms with Gasteiger partial charge in [-0.05, 0) is 61.0 Å². The van der Waals surface area contributed by atoms with Crippen LogP contribution in [-0.4, -0.2) is 25.0 Å². The van der Waals surface area contributed by atoms with Gasteiger partial charge < -0.3 is 10.1 Å². The smallest absolute Gasteiger partial charge is 0.248 e. The summed E-state index contributed by atoms with van der Waals surface area (Å²) >= 11 is 1.55. The lowest BCUT2D eigenvalue weighted by molar-refractivity contribution is -0.127. The van der Waals surface area contributed by atoms with E-state index in [9.17, 15) is 9.59 Å². The van der Waals surface area contributed by atoms with Gasteiger partial charge >= 0.3 is 0 Å². The van der Waals surface area contributed by atoms with Gasteiger partial charge in [0.1, 0.15) is 11.8 Å².